The molecule has 0 aromatic heterocycles. The number of rotatable bonds is 2. The summed E-state index contributed by atoms with van der Waals surface area (Å²) in [7, 11) is 0. The van der Waals surface area contributed by atoms with Crippen LogP contribution < -0.4 is 0 Å². The quantitative estimate of drug-likeness (QED) is 0.529. The maximum absolute atomic E-state index is 8.40. The average Bonchev–Trinajstić information content (AvgIpc) is 2.00. The monoisotopic (exact) mass is 184 g/mol. The first-order valence-corrected chi connectivity index (χ1v) is 5.29. The molecule has 3 heteroatoms. The first-order chi connectivity index (χ1) is 6.30. The molecule has 74 valence electrons. The van der Waals surface area contributed by atoms with Gasteiger partial charge in [-0.25, -0.2) is 5.26 Å². The highest BCUT2D eigenvalue weighted by atomic mass is 17.5. The lowest BCUT2D eigenvalue weighted by molar-refractivity contribution is -0.535. The van der Waals surface area contributed by atoms with Crippen LogP contribution in [0.2, 0.25) is 0 Å². The molecule has 4 rings (SSSR count). The fourth-order valence-corrected chi connectivity index (χ4v) is 4.21. The summed E-state index contributed by atoms with van der Waals surface area (Å²) in [6, 6.07) is 0. The first kappa shape index (κ1) is 8.21. The predicted octanol–water partition coefficient (Wildman–Crippen LogP) is 2.38. The summed E-state index contributed by atoms with van der Waals surface area (Å²) >= 11 is 0. The topological polar surface area (TPSA) is 38.7 Å². The Kier molecular flexibility index (Phi) is 1.70. The van der Waals surface area contributed by atoms with Gasteiger partial charge in [-0.2, -0.15) is 4.89 Å². The molecule has 1 N–H and O–H groups in total. The van der Waals surface area contributed by atoms with Gasteiger partial charge in [0, 0.05) is 0 Å². The van der Waals surface area contributed by atoms with E-state index < -0.39 is 0 Å². The number of hydrogen-bond acceptors (Lipinski definition) is 3. The molecule has 4 saturated carbocycles. The molecular formula is C10H16O3. The fraction of sp³-hybridized carbons (Fsp3) is 1.00. The molecular weight excluding hydrogens is 168 g/mol. The van der Waals surface area contributed by atoms with Crippen LogP contribution in [-0.2, 0) is 9.93 Å². The predicted molar refractivity (Wildman–Crippen MR) is 45.7 cm³/mol. The Morgan fingerprint density at radius 3 is 1.77 bits per heavy atom. The van der Waals surface area contributed by atoms with Crippen LogP contribution in [0.25, 0.3) is 0 Å². The van der Waals surface area contributed by atoms with Crippen LogP contribution in [0, 0.1) is 17.8 Å². The van der Waals surface area contributed by atoms with E-state index in [1.807, 2.05) is 0 Å². The van der Waals surface area contributed by atoms with Crippen molar-refractivity contribution in [2.75, 3.05) is 0 Å². The first-order valence-electron chi connectivity index (χ1n) is 5.29. The summed E-state index contributed by atoms with van der Waals surface area (Å²) in [6.45, 7) is 0. The Bertz CT molecular complexity index is 179. The maximum Gasteiger partial charge on any atom is 0.107 e. The molecule has 3 nitrogen and oxygen atoms in total. The van der Waals surface area contributed by atoms with Crippen LogP contribution in [0.1, 0.15) is 38.5 Å². The minimum Gasteiger partial charge on any atom is -0.221 e. The van der Waals surface area contributed by atoms with Crippen molar-refractivity contribution in [1.82, 2.24) is 0 Å². The summed E-state index contributed by atoms with van der Waals surface area (Å²) in [5, 5.41) is 12.3. The van der Waals surface area contributed by atoms with Crippen molar-refractivity contribution in [2.45, 2.75) is 44.1 Å². The van der Waals surface area contributed by atoms with E-state index in [1.54, 1.807) is 0 Å². The van der Waals surface area contributed by atoms with Gasteiger partial charge < -0.3 is 0 Å². The Morgan fingerprint density at radius 2 is 1.38 bits per heavy atom. The molecule has 0 radical (unpaired) electrons. The van der Waals surface area contributed by atoms with E-state index in [0.29, 0.717) is 0 Å². The lowest BCUT2D eigenvalue weighted by Gasteiger charge is -2.54. The zero-order valence-electron chi connectivity index (χ0n) is 7.74. The van der Waals surface area contributed by atoms with Gasteiger partial charge in [-0.3, -0.25) is 0 Å². The molecule has 0 spiro atoms. The van der Waals surface area contributed by atoms with Crippen LogP contribution >= 0.6 is 0 Å². The third kappa shape index (κ3) is 1.22. The summed E-state index contributed by atoms with van der Waals surface area (Å²) in [5.41, 5.74) is -0.122. The van der Waals surface area contributed by atoms with Crippen LogP contribution in [0.4, 0.5) is 0 Å². The van der Waals surface area contributed by atoms with Crippen molar-refractivity contribution in [3.8, 4) is 0 Å². The van der Waals surface area contributed by atoms with Gasteiger partial charge in [-0.05, 0) is 56.3 Å². The third-order valence-corrected chi connectivity index (χ3v) is 4.20. The van der Waals surface area contributed by atoms with E-state index in [1.165, 1.54) is 19.3 Å². The second-order valence-corrected chi connectivity index (χ2v) is 5.26. The van der Waals surface area contributed by atoms with Gasteiger partial charge in [0.25, 0.3) is 0 Å². The minimum atomic E-state index is -0.122. The summed E-state index contributed by atoms with van der Waals surface area (Å²) in [5.74, 6) is 2.50. The molecule has 13 heavy (non-hydrogen) atoms. The van der Waals surface area contributed by atoms with Crippen molar-refractivity contribution in [1.29, 1.82) is 0 Å². The molecule has 0 amide bonds. The lowest BCUT2D eigenvalue weighted by atomic mass is 9.54. The van der Waals surface area contributed by atoms with Gasteiger partial charge in [-0.15, -0.1) is 0 Å². The maximum atomic E-state index is 8.40. The Labute approximate surface area is 77.9 Å². The van der Waals surface area contributed by atoms with Crippen LogP contribution in [-0.4, -0.2) is 10.9 Å². The third-order valence-electron chi connectivity index (χ3n) is 4.20. The van der Waals surface area contributed by atoms with Gasteiger partial charge >= 0.3 is 0 Å². The zero-order chi connectivity index (χ0) is 8.89. The second kappa shape index (κ2) is 2.69. The van der Waals surface area contributed by atoms with Gasteiger partial charge in [0.15, 0.2) is 0 Å². The van der Waals surface area contributed by atoms with E-state index in [9.17, 15) is 0 Å². The van der Waals surface area contributed by atoms with Crippen molar-refractivity contribution in [2.24, 2.45) is 17.8 Å². The van der Waals surface area contributed by atoms with Crippen molar-refractivity contribution in [3.63, 3.8) is 0 Å². The van der Waals surface area contributed by atoms with E-state index >= 15 is 0 Å². The normalized spacial score (nSPS) is 52.8. The highest BCUT2D eigenvalue weighted by Crippen LogP contribution is 2.57. The summed E-state index contributed by atoms with van der Waals surface area (Å²) < 4.78 is 0. The van der Waals surface area contributed by atoms with E-state index in [4.69, 9.17) is 10.1 Å². The minimum absolute atomic E-state index is 0.122. The standard InChI is InChI=1S/C10H16O3/c11-13-12-10-4-7-1-8(5-10)3-9(2-7)6-10/h7-9,11H,1-6H2. The molecule has 0 saturated heterocycles. The van der Waals surface area contributed by atoms with Crippen LogP contribution in [0.15, 0.2) is 0 Å². The highest BCUT2D eigenvalue weighted by Gasteiger charge is 2.52. The van der Waals surface area contributed by atoms with E-state index in [-0.39, 0.29) is 5.60 Å². The molecule has 0 aliphatic heterocycles. The smallest absolute Gasteiger partial charge is 0.107 e. The molecule has 4 aliphatic rings. The van der Waals surface area contributed by atoms with Gasteiger partial charge in [0.2, 0.25) is 0 Å². The highest BCUT2D eigenvalue weighted by molar-refractivity contribution is 5.02. The SMILES string of the molecule is OOOC12CC3CC(CC(C3)C1)C2. The molecule has 0 heterocycles. The van der Waals surface area contributed by atoms with Crippen molar-refractivity contribution < 1.29 is 15.2 Å². The number of hydrogen-bond donors (Lipinski definition) is 1. The fourth-order valence-electron chi connectivity index (χ4n) is 4.21. The van der Waals surface area contributed by atoms with Crippen LogP contribution in [0.3, 0.4) is 0 Å². The second-order valence-electron chi connectivity index (χ2n) is 5.26. The molecule has 0 aromatic carbocycles. The van der Waals surface area contributed by atoms with E-state index in [0.717, 1.165) is 37.0 Å². The summed E-state index contributed by atoms with van der Waals surface area (Å²) in [4.78, 5) is 5.10. The Hall–Kier alpha value is -0.120. The molecule has 4 aliphatic carbocycles. The van der Waals surface area contributed by atoms with Crippen molar-refractivity contribution in [3.05, 3.63) is 0 Å². The lowest BCUT2D eigenvalue weighted by Crippen LogP contribution is -2.51. The van der Waals surface area contributed by atoms with Gasteiger partial charge in [0.1, 0.15) is 5.60 Å². The molecule has 4 fully saturated rings. The Balaban J connectivity index is 1.83. The average molecular weight is 184 g/mol. The summed E-state index contributed by atoms with van der Waals surface area (Å²) in [6.07, 6.45) is 7.44. The molecule has 0 aromatic rings. The van der Waals surface area contributed by atoms with E-state index in [2.05, 4.69) is 5.04 Å². The largest absolute Gasteiger partial charge is 0.221 e. The molecule has 0 unspecified atom stereocenters. The van der Waals surface area contributed by atoms with Crippen LogP contribution in [0.5, 0.6) is 0 Å². The van der Waals surface area contributed by atoms with Gasteiger partial charge in [-0.1, -0.05) is 5.04 Å². The Morgan fingerprint density at radius 1 is 0.923 bits per heavy atom. The van der Waals surface area contributed by atoms with Crippen molar-refractivity contribution >= 4 is 0 Å². The molecule has 4 bridgehead atoms. The molecule has 0 atom stereocenters. The zero-order valence-corrected chi connectivity index (χ0v) is 7.74. The van der Waals surface area contributed by atoms with Gasteiger partial charge in [0.05, 0.1) is 0 Å².